The molecule has 0 rings (SSSR count). The van der Waals surface area contributed by atoms with E-state index in [-0.39, 0.29) is 0 Å². The minimum Gasteiger partial charge on any atom is -0.381 e. The maximum absolute atomic E-state index is 5.38. The van der Waals surface area contributed by atoms with Gasteiger partial charge in [0.15, 0.2) is 0 Å². The van der Waals surface area contributed by atoms with E-state index in [1.807, 2.05) is 0 Å². The van der Waals surface area contributed by atoms with Crippen LogP contribution in [0.1, 0.15) is 40.0 Å². The first kappa shape index (κ1) is 12.9. The summed E-state index contributed by atoms with van der Waals surface area (Å²) in [5.41, 5.74) is 0. The van der Waals surface area contributed by atoms with Gasteiger partial charge in [-0.25, -0.2) is 0 Å². The van der Waals surface area contributed by atoms with Crippen LogP contribution in [-0.4, -0.2) is 26.3 Å². The van der Waals surface area contributed by atoms with Gasteiger partial charge in [-0.3, -0.25) is 0 Å². The van der Waals surface area contributed by atoms with Crippen LogP contribution in [0.25, 0.3) is 0 Å². The summed E-state index contributed by atoms with van der Waals surface area (Å²) in [6.07, 6.45) is 3.55. The van der Waals surface area contributed by atoms with Crippen molar-refractivity contribution in [2.45, 2.75) is 40.0 Å². The second-order valence-electron chi connectivity index (χ2n) is 3.92. The van der Waals surface area contributed by atoms with Gasteiger partial charge in [0.1, 0.15) is 0 Å². The molecule has 0 aliphatic carbocycles. The molecule has 0 unspecified atom stereocenters. The molecule has 80 valence electrons. The smallest absolute Gasteiger partial charge is 0.0466 e. The summed E-state index contributed by atoms with van der Waals surface area (Å²) >= 11 is 0. The number of ether oxygens (including phenoxy) is 1. The molecule has 0 fully saturated rings. The SMILES string of the molecule is CCCOCCCCNCC(C)C. The topological polar surface area (TPSA) is 21.3 Å². The number of hydrogen-bond acceptors (Lipinski definition) is 2. The van der Waals surface area contributed by atoms with Crippen molar-refractivity contribution in [2.75, 3.05) is 26.3 Å². The van der Waals surface area contributed by atoms with Gasteiger partial charge in [0.05, 0.1) is 0 Å². The molecule has 0 bridgehead atoms. The van der Waals surface area contributed by atoms with Gasteiger partial charge < -0.3 is 10.1 Å². The fraction of sp³-hybridized carbons (Fsp3) is 1.00. The lowest BCUT2D eigenvalue weighted by Gasteiger charge is -2.07. The zero-order chi connectivity index (χ0) is 9.94. The predicted octanol–water partition coefficient (Wildman–Crippen LogP) is 2.44. The van der Waals surface area contributed by atoms with Crippen LogP contribution in [0, 0.1) is 5.92 Å². The van der Waals surface area contributed by atoms with Gasteiger partial charge in [-0.1, -0.05) is 20.8 Å². The summed E-state index contributed by atoms with van der Waals surface area (Å²) in [7, 11) is 0. The molecule has 0 spiro atoms. The average molecular weight is 187 g/mol. The third-order valence-electron chi connectivity index (χ3n) is 1.79. The summed E-state index contributed by atoms with van der Waals surface area (Å²) in [5, 5.41) is 3.42. The fourth-order valence-electron chi connectivity index (χ4n) is 1.09. The Balaban J connectivity index is 2.84. The van der Waals surface area contributed by atoms with Crippen molar-refractivity contribution in [1.82, 2.24) is 5.32 Å². The first-order chi connectivity index (χ1) is 6.27. The molecule has 2 heteroatoms. The van der Waals surface area contributed by atoms with Crippen LogP contribution in [0.4, 0.5) is 0 Å². The van der Waals surface area contributed by atoms with Gasteiger partial charge in [0.2, 0.25) is 0 Å². The molecule has 0 radical (unpaired) electrons. The second-order valence-corrected chi connectivity index (χ2v) is 3.92. The van der Waals surface area contributed by atoms with Crippen molar-refractivity contribution in [1.29, 1.82) is 0 Å². The highest BCUT2D eigenvalue weighted by Gasteiger charge is 1.92. The zero-order valence-corrected chi connectivity index (χ0v) is 9.44. The lowest BCUT2D eigenvalue weighted by Crippen LogP contribution is -2.20. The first-order valence-electron chi connectivity index (χ1n) is 5.55. The van der Waals surface area contributed by atoms with Crippen LogP contribution in [0.3, 0.4) is 0 Å². The van der Waals surface area contributed by atoms with E-state index in [1.165, 1.54) is 12.8 Å². The predicted molar refractivity (Wildman–Crippen MR) is 58.1 cm³/mol. The lowest BCUT2D eigenvalue weighted by atomic mass is 10.2. The number of unbranched alkanes of at least 4 members (excludes halogenated alkanes) is 1. The summed E-state index contributed by atoms with van der Waals surface area (Å²) < 4.78 is 5.38. The molecule has 0 aromatic carbocycles. The van der Waals surface area contributed by atoms with Gasteiger partial charge in [-0.15, -0.1) is 0 Å². The molecule has 13 heavy (non-hydrogen) atoms. The molecular weight excluding hydrogens is 162 g/mol. The molecular formula is C11H25NO. The van der Waals surface area contributed by atoms with Crippen molar-refractivity contribution in [2.24, 2.45) is 5.92 Å². The van der Waals surface area contributed by atoms with Crippen molar-refractivity contribution in [3.8, 4) is 0 Å². The Morgan fingerprint density at radius 3 is 2.54 bits per heavy atom. The monoisotopic (exact) mass is 187 g/mol. The van der Waals surface area contributed by atoms with Crippen LogP contribution in [0.2, 0.25) is 0 Å². The Kier molecular flexibility index (Phi) is 9.94. The maximum Gasteiger partial charge on any atom is 0.0466 e. The summed E-state index contributed by atoms with van der Waals surface area (Å²) in [6.45, 7) is 10.7. The number of rotatable bonds is 9. The van der Waals surface area contributed by atoms with Crippen molar-refractivity contribution in [3.63, 3.8) is 0 Å². The van der Waals surface area contributed by atoms with Crippen LogP contribution in [0.15, 0.2) is 0 Å². The lowest BCUT2D eigenvalue weighted by molar-refractivity contribution is 0.131. The van der Waals surface area contributed by atoms with E-state index in [2.05, 4.69) is 26.1 Å². The highest BCUT2D eigenvalue weighted by molar-refractivity contribution is 4.51. The maximum atomic E-state index is 5.38. The van der Waals surface area contributed by atoms with E-state index >= 15 is 0 Å². The van der Waals surface area contributed by atoms with E-state index in [9.17, 15) is 0 Å². The Morgan fingerprint density at radius 1 is 1.15 bits per heavy atom. The van der Waals surface area contributed by atoms with Crippen LogP contribution in [-0.2, 0) is 4.74 Å². The molecule has 0 aromatic rings. The summed E-state index contributed by atoms with van der Waals surface area (Å²) in [4.78, 5) is 0. The van der Waals surface area contributed by atoms with E-state index in [1.54, 1.807) is 0 Å². The van der Waals surface area contributed by atoms with Crippen molar-refractivity contribution in [3.05, 3.63) is 0 Å². The quantitative estimate of drug-likeness (QED) is 0.560. The fourth-order valence-corrected chi connectivity index (χ4v) is 1.09. The molecule has 0 saturated heterocycles. The standard InChI is InChI=1S/C11H25NO/c1-4-8-13-9-6-5-7-12-10-11(2)3/h11-12H,4-10H2,1-3H3. The van der Waals surface area contributed by atoms with Crippen molar-refractivity contribution >= 4 is 0 Å². The van der Waals surface area contributed by atoms with Crippen LogP contribution in [0.5, 0.6) is 0 Å². The van der Waals surface area contributed by atoms with E-state index in [4.69, 9.17) is 4.74 Å². The largest absolute Gasteiger partial charge is 0.381 e. The Morgan fingerprint density at radius 2 is 1.92 bits per heavy atom. The molecule has 0 aliphatic rings. The van der Waals surface area contributed by atoms with E-state index in [0.29, 0.717) is 0 Å². The third-order valence-corrected chi connectivity index (χ3v) is 1.79. The second kappa shape index (κ2) is 10.0. The highest BCUT2D eigenvalue weighted by atomic mass is 16.5. The molecule has 1 N–H and O–H groups in total. The van der Waals surface area contributed by atoms with Gasteiger partial charge in [0, 0.05) is 13.2 Å². The molecule has 0 aliphatic heterocycles. The number of nitrogens with one attached hydrogen (secondary N) is 1. The average Bonchev–Trinajstić information content (AvgIpc) is 2.09. The minimum atomic E-state index is 0.761. The highest BCUT2D eigenvalue weighted by Crippen LogP contribution is 1.91. The van der Waals surface area contributed by atoms with Gasteiger partial charge >= 0.3 is 0 Å². The molecule has 0 saturated carbocycles. The van der Waals surface area contributed by atoms with Crippen LogP contribution < -0.4 is 5.32 Å². The zero-order valence-electron chi connectivity index (χ0n) is 9.44. The first-order valence-corrected chi connectivity index (χ1v) is 5.55. The van der Waals surface area contributed by atoms with E-state index in [0.717, 1.165) is 38.6 Å². The molecule has 0 amide bonds. The Hall–Kier alpha value is -0.0800. The molecule has 0 aromatic heterocycles. The van der Waals surface area contributed by atoms with Gasteiger partial charge in [-0.2, -0.15) is 0 Å². The summed E-state index contributed by atoms with van der Waals surface area (Å²) in [5.74, 6) is 0.761. The Bertz CT molecular complexity index is 94.1. The van der Waals surface area contributed by atoms with Gasteiger partial charge in [0.25, 0.3) is 0 Å². The third kappa shape index (κ3) is 11.9. The Labute approximate surface area is 83.1 Å². The normalized spacial score (nSPS) is 11.1. The number of hydrogen-bond donors (Lipinski definition) is 1. The minimum absolute atomic E-state index is 0.761. The van der Waals surface area contributed by atoms with Gasteiger partial charge in [-0.05, 0) is 38.3 Å². The van der Waals surface area contributed by atoms with E-state index < -0.39 is 0 Å². The molecule has 0 heterocycles. The molecule has 2 nitrogen and oxygen atoms in total. The van der Waals surface area contributed by atoms with Crippen LogP contribution >= 0.6 is 0 Å². The molecule has 0 atom stereocenters. The van der Waals surface area contributed by atoms with Crippen molar-refractivity contribution < 1.29 is 4.74 Å². The summed E-state index contributed by atoms with van der Waals surface area (Å²) in [6, 6.07) is 0.